The number of ether oxygens (including phenoxy) is 1. The lowest BCUT2D eigenvalue weighted by Gasteiger charge is -1.99. The third kappa shape index (κ3) is 25.9. The first kappa shape index (κ1) is 19.3. The highest BCUT2D eigenvalue weighted by atomic mass is 16.5. The molecule has 0 atom stereocenters. The van der Waals surface area contributed by atoms with Crippen molar-refractivity contribution in [2.45, 2.75) is 91.9 Å². The van der Waals surface area contributed by atoms with E-state index in [-0.39, 0.29) is 0 Å². The predicted molar refractivity (Wildman–Crippen MR) is 79.7 cm³/mol. The normalized spacial score (nSPS) is 9.88. The lowest BCUT2D eigenvalue weighted by molar-refractivity contribution is 0.162. The smallest absolute Gasteiger partial charge is 0.0437 e. The summed E-state index contributed by atoms with van der Waals surface area (Å²) in [6, 6.07) is 0. The van der Waals surface area contributed by atoms with Gasteiger partial charge < -0.3 is 4.74 Å². The van der Waals surface area contributed by atoms with Gasteiger partial charge in [0, 0.05) is 13.2 Å². The molecule has 0 saturated carbocycles. The molecule has 0 amide bonds. The summed E-state index contributed by atoms with van der Waals surface area (Å²) in [5, 5.41) is 0. The molecule has 0 spiro atoms. The van der Waals surface area contributed by atoms with E-state index in [4.69, 9.17) is 4.74 Å². The van der Waals surface area contributed by atoms with Crippen LogP contribution in [-0.4, -0.2) is 13.2 Å². The fourth-order valence-electron chi connectivity index (χ4n) is 1.76. The van der Waals surface area contributed by atoms with Crippen molar-refractivity contribution in [3.8, 4) is 0 Å². The van der Waals surface area contributed by atoms with Crippen LogP contribution in [0.15, 0.2) is 0 Å². The maximum atomic E-state index is 4.83. The monoisotopic (exact) mass is 244 g/mol. The first-order valence-electron chi connectivity index (χ1n) is 7.91. The van der Waals surface area contributed by atoms with Crippen molar-refractivity contribution >= 4 is 0 Å². The van der Waals surface area contributed by atoms with Gasteiger partial charge in [0.05, 0.1) is 0 Å². The van der Waals surface area contributed by atoms with Crippen molar-refractivity contribution < 1.29 is 4.74 Å². The standard InChI is InChI=1S/C12H26.C4H10O/c1-3-5-7-9-11-12-10-8-6-4-2;1-3-5-4-2/h3-12H2,1-2H3;3-4H2,1-2H3. The lowest BCUT2D eigenvalue weighted by Crippen LogP contribution is -1.84. The fraction of sp³-hybridized carbons (Fsp3) is 1.00. The summed E-state index contributed by atoms with van der Waals surface area (Å²) < 4.78 is 4.83. The summed E-state index contributed by atoms with van der Waals surface area (Å²) >= 11 is 0. The van der Waals surface area contributed by atoms with Gasteiger partial charge >= 0.3 is 0 Å². The molecule has 0 aromatic carbocycles. The van der Waals surface area contributed by atoms with Crippen molar-refractivity contribution in [2.75, 3.05) is 13.2 Å². The van der Waals surface area contributed by atoms with E-state index in [1.165, 1.54) is 64.2 Å². The molecule has 0 unspecified atom stereocenters. The Kier molecular flexibility index (Phi) is 24.1. The SMILES string of the molecule is CCCCCCCCCCCC.CCOCC. The summed E-state index contributed by atoms with van der Waals surface area (Å²) in [6.45, 7) is 10.2. The second kappa shape index (κ2) is 21.3. The molecule has 0 fully saturated rings. The van der Waals surface area contributed by atoms with E-state index in [9.17, 15) is 0 Å². The Morgan fingerprint density at radius 3 is 0.941 bits per heavy atom. The third-order valence-corrected chi connectivity index (χ3v) is 2.87. The van der Waals surface area contributed by atoms with Crippen LogP contribution in [-0.2, 0) is 4.74 Å². The molecular formula is C16H36O. The van der Waals surface area contributed by atoms with E-state index in [0.29, 0.717) is 0 Å². The van der Waals surface area contributed by atoms with Gasteiger partial charge in [0.2, 0.25) is 0 Å². The molecule has 0 saturated heterocycles. The minimum Gasteiger partial charge on any atom is -0.382 e. The minimum atomic E-state index is 0.844. The summed E-state index contributed by atoms with van der Waals surface area (Å²) in [6.07, 6.45) is 14.4. The van der Waals surface area contributed by atoms with E-state index >= 15 is 0 Å². The number of rotatable bonds is 11. The molecule has 1 heteroatoms. The molecule has 0 heterocycles. The topological polar surface area (TPSA) is 9.23 Å². The Labute approximate surface area is 110 Å². The second-order valence-electron chi connectivity index (χ2n) is 4.61. The Hall–Kier alpha value is -0.0400. The van der Waals surface area contributed by atoms with Gasteiger partial charge in [-0.05, 0) is 13.8 Å². The fourth-order valence-corrected chi connectivity index (χ4v) is 1.76. The molecule has 0 N–H and O–H groups in total. The van der Waals surface area contributed by atoms with Gasteiger partial charge in [-0.3, -0.25) is 0 Å². The second-order valence-corrected chi connectivity index (χ2v) is 4.61. The highest BCUT2D eigenvalue weighted by Gasteiger charge is 1.90. The average molecular weight is 244 g/mol. The molecule has 1 nitrogen and oxygen atoms in total. The zero-order valence-corrected chi connectivity index (χ0v) is 12.9. The first-order valence-corrected chi connectivity index (χ1v) is 7.91. The quantitative estimate of drug-likeness (QED) is 0.407. The van der Waals surface area contributed by atoms with Gasteiger partial charge in [-0.2, -0.15) is 0 Å². The van der Waals surface area contributed by atoms with Gasteiger partial charge in [0.25, 0.3) is 0 Å². The van der Waals surface area contributed by atoms with Crippen molar-refractivity contribution in [1.82, 2.24) is 0 Å². The number of unbranched alkanes of at least 4 members (excludes halogenated alkanes) is 9. The zero-order chi connectivity index (χ0) is 13.2. The van der Waals surface area contributed by atoms with E-state index in [1.807, 2.05) is 13.8 Å². The molecular weight excluding hydrogens is 208 g/mol. The van der Waals surface area contributed by atoms with Gasteiger partial charge in [0.15, 0.2) is 0 Å². The van der Waals surface area contributed by atoms with Crippen molar-refractivity contribution in [1.29, 1.82) is 0 Å². The molecule has 0 aromatic heterocycles. The third-order valence-electron chi connectivity index (χ3n) is 2.87. The van der Waals surface area contributed by atoms with E-state index in [0.717, 1.165) is 13.2 Å². The largest absolute Gasteiger partial charge is 0.382 e. The van der Waals surface area contributed by atoms with Crippen LogP contribution in [0.2, 0.25) is 0 Å². The van der Waals surface area contributed by atoms with Crippen LogP contribution in [0.25, 0.3) is 0 Å². The van der Waals surface area contributed by atoms with E-state index in [2.05, 4.69) is 13.8 Å². The Bertz CT molecular complexity index is 89.7. The summed E-state index contributed by atoms with van der Waals surface area (Å²) in [7, 11) is 0. The summed E-state index contributed by atoms with van der Waals surface area (Å²) in [5.41, 5.74) is 0. The molecule has 0 radical (unpaired) electrons. The number of hydrogen-bond donors (Lipinski definition) is 0. The van der Waals surface area contributed by atoms with Crippen LogP contribution in [0, 0.1) is 0 Å². The van der Waals surface area contributed by atoms with Gasteiger partial charge in [-0.25, -0.2) is 0 Å². The Morgan fingerprint density at radius 2 is 0.765 bits per heavy atom. The molecule has 0 aliphatic carbocycles. The molecule has 0 aliphatic rings. The Balaban J connectivity index is 0. The van der Waals surface area contributed by atoms with Crippen LogP contribution in [0.3, 0.4) is 0 Å². The zero-order valence-electron chi connectivity index (χ0n) is 12.9. The van der Waals surface area contributed by atoms with Crippen LogP contribution in [0.1, 0.15) is 91.9 Å². The van der Waals surface area contributed by atoms with Crippen LogP contribution < -0.4 is 0 Å². The molecule has 0 aromatic rings. The summed E-state index contributed by atoms with van der Waals surface area (Å²) in [4.78, 5) is 0. The van der Waals surface area contributed by atoms with E-state index in [1.54, 1.807) is 0 Å². The Morgan fingerprint density at radius 1 is 0.471 bits per heavy atom. The van der Waals surface area contributed by atoms with Gasteiger partial charge in [-0.15, -0.1) is 0 Å². The first-order chi connectivity index (χ1) is 8.33. The van der Waals surface area contributed by atoms with Crippen molar-refractivity contribution in [2.24, 2.45) is 0 Å². The van der Waals surface area contributed by atoms with Gasteiger partial charge in [-0.1, -0.05) is 78.1 Å². The molecule has 0 bridgehead atoms. The lowest BCUT2D eigenvalue weighted by atomic mass is 10.1. The molecule has 106 valence electrons. The summed E-state index contributed by atoms with van der Waals surface area (Å²) in [5.74, 6) is 0. The molecule has 0 aliphatic heterocycles. The van der Waals surface area contributed by atoms with Crippen LogP contribution in [0.4, 0.5) is 0 Å². The van der Waals surface area contributed by atoms with E-state index < -0.39 is 0 Å². The highest BCUT2D eigenvalue weighted by molar-refractivity contribution is 4.45. The maximum absolute atomic E-state index is 4.83. The highest BCUT2D eigenvalue weighted by Crippen LogP contribution is 2.09. The van der Waals surface area contributed by atoms with Crippen molar-refractivity contribution in [3.05, 3.63) is 0 Å². The maximum Gasteiger partial charge on any atom is 0.0437 e. The van der Waals surface area contributed by atoms with Gasteiger partial charge in [0.1, 0.15) is 0 Å². The van der Waals surface area contributed by atoms with Crippen molar-refractivity contribution in [3.63, 3.8) is 0 Å². The molecule has 0 rings (SSSR count). The van der Waals surface area contributed by atoms with Crippen LogP contribution >= 0.6 is 0 Å². The average Bonchev–Trinajstić information content (AvgIpc) is 2.34. The minimum absolute atomic E-state index is 0.844. The van der Waals surface area contributed by atoms with Crippen LogP contribution in [0.5, 0.6) is 0 Å². The molecule has 17 heavy (non-hydrogen) atoms. The predicted octanol–water partition coefficient (Wildman–Crippen LogP) is 5.97. The number of hydrogen-bond acceptors (Lipinski definition) is 1.